The van der Waals surface area contributed by atoms with E-state index in [1.54, 1.807) is 55.6 Å². The van der Waals surface area contributed by atoms with Crippen molar-refractivity contribution in [1.29, 1.82) is 0 Å². The normalized spacial score (nSPS) is 13.3. The third-order valence-corrected chi connectivity index (χ3v) is 3.86. The maximum atomic E-state index is 12.0. The Balaban J connectivity index is 1.61. The van der Waals surface area contributed by atoms with Crippen molar-refractivity contribution in [2.45, 2.75) is 0 Å². The maximum absolute atomic E-state index is 12.0. The van der Waals surface area contributed by atoms with Gasteiger partial charge in [0.25, 0.3) is 17.7 Å². The van der Waals surface area contributed by atoms with Gasteiger partial charge < -0.3 is 14.8 Å². The Hall–Kier alpha value is -4.14. The predicted octanol–water partition coefficient (Wildman–Crippen LogP) is 1.46. The topological polar surface area (TPSA) is 123 Å². The lowest BCUT2D eigenvalue weighted by atomic mass is 10.1. The van der Waals surface area contributed by atoms with Crippen molar-refractivity contribution in [2.75, 3.05) is 19.0 Å². The fourth-order valence-electron chi connectivity index (χ4n) is 2.49. The number of carbonyl (C=O) groups is 4. The largest absolute Gasteiger partial charge is 0.497 e. The van der Waals surface area contributed by atoms with Gasteiger partial charge in [0.2, 0.25) is 0 Å². The molecule has 0 aromatic heterocycles. The molecule has 3 N–H and O–H groups in total. The van der Waals surface area contributed by atoms with E-state index in [-0.39, 0.29) is 18.1 Å². The molecule has 0 unspecified atom stereocenters. The summed E-state index contributed by atoms with van der Waals surface area (Å²) in [5.41, 5.74) is 0.883. The third-order valence-electron chi connectivity index (χ3n) is 3.86. The van der Waals surface area contributed by atoms with Crippen LogP contribution in [0.4, 0.5) is 10.5 Å². The lowest BCUT2D eigenvalue weighted by Gasteiger charge is -2.14. The maximum Gasteiger partial charge on any atom is 0.328 e. The van der Waals surface area contributed by atoms with E-state index in [2.05, 4.69) is 5.32 Å². The van der Waals surface area contributed by atoms with Crippen molar-refractivity contribution in [3.05, 3.63) is 59.7 Å². The average molecular weight is 395 g/mol. The zero-order valence-corrected chi connectivity index (χ0v) is 15.4. The van der Waals surface area contributed by atoms with Crippen LogP contribution in [0.3, 0.4) is 0 Å². The Bertz CT molecular complexity index is 976. The molecule has 0 atom stereocenters. The summed E-state index contributed by atoms with van der Waals surface area (Å²) < 4.78 is 10.5. The molecule has 0 spiro atoms. The number of imide groups is 2. The molecule has 1 saturated heterocycles. The quantitative estimate of drug-likeness (QED) is 0.503. The molecule has 0 bridgehead atoms. The number of ether oxygens (including phenoxy) is 2. The Morgan fingerprint density at radius 3 is 2.34 bits per heavy atom. The molecule has 3 rings (SSSR count). The summed E-state index contributed by atoms with van der Waals surface area (Å²) >= 11 is 0. The van der Waals surface area contributed by atoms with Crippen molar-refractivity contribution < 1.29 is 28.7 Å². The molecular formula is C20H17N3O6. The first-order chi connectivity index (χ1) is 13.9. The second-order valence-corrected chi connectivity index (χ2v) is 5.93. The summed E-state index contributed by atoms with van der Waals surface area (Å²) in [4.78, 5) is 46.7. The van der Waals surface area contributed by atoms with Gasteiger partial charge in [-0.2, -0.15) is 0 Å². The second-order valence-electron chi connectivity index (χ2n) is 5.93. The number of rotatable bonds is 6. The van der Waals surface area contributed by atoms with Crippen LogP contribution in [0.1, 0.15) is 5.56 Å². The summed E-state index contributed by atoms with van der Waals surface area (Å²) in [7, 11) is 1.55. The minimum atomic E-state index is -0.864. The van der Waals surface area contributed by atoms with Gasteiger partial charge in [-0.25, -0.2) is 4.79 Å². The molecule has 0 saturated carbocycles. The molecule has 2 aromatic carbocycles. The molecule has 148 valence electrons. The Morgan fingerprint density at radius 1 is 1.00 bits per heavy atom. The van der Waals surface area contributed by atoms with Gasteiger partial charge in [-0.1, -0.05) is 12.1 Å². The molecule has 0 aliphatic carbocycles. The minimum Gasteiger partial charge on any atom is -0.497 e. The summed E-state index contributed by atoms with van der Waals surface area (Å²) in [5, 5.41) is 6.68. The molecule has 1 aliphatic heterocycles. The number of amides is 5. The van der Waals surface area contributed by atoms with Crippen LogP contribution in [0.15, 0.2) is 54.1 Å². The van der Waals surface area contributed by atoms with Gasteiger partial charge in [0, 0.05) is 5.69 Å². The Labute approximate surface area is 165 Å². The summed E-state index contributed by atoms with van der Waals surface area (Å²) in [6, 6.07) is 12.5. The number of urea groups is 1. The first-order valence-corrected chi connectivity index (χ1v) is 8.50. The number of nitrogens with one attached hydrogen (secondary N) is 3. The standard InChI is InChI=1S/C20H17N3O6/c1-28-14-7-5-13(6-8-14)21-17(24)11-29-15-4-2-3-12(9-15)10-16-18(25)22-20(27)23-19(16)26/h2-10H,11H2,1H3,(H,21,24)(H2,22,23,25,26,27). The number of carbonyl (C=O) groups excluding carboxylic acids is 4. The Morgan fingerprint density at radius 2 is 1.69 bits per heavy atom. The van der Waals surface area contributed by atoms with Gasteiger partial charge in [-0.05, 0) is 48.0 Å². The molecule has 1 heterocycles. The predicted molar refractivity (Wildman–Crippen MR) is 103 cm³/mol. The minimum absolute atomic E-state index is 0.209. The number of anilines is 1. The zero-order valence-electron chi connectivity index (χ0n) is 15.4. The lowest BCUT2D eigenvalue weighted by Crippen LogP contribution is -2.51. The third kappa shape index (κ3) is 5.19. The fraction of sp³-hybridized carbons (Fsp3) is 0.100. The van der Waals surface area contributed by atoms with Gasteiger partial charge in [0.05, 0.1) is 7.11 Å². The second kappa shape index (κ2) is 8.70. The number of barbiturate groups is 1. The highest BCUT2D eigenvalue weighted by atomic mass is 16.5. The smallest absolute Gasteiger partial charge is 0.328 e. The molecule has 1 fully saturated rings. The zero-order chi connectivity index (χ0) is 20.8. The summed E-state index contributed by atoms with van der Waals surface area (Å²) in [6.07, 6.45) is 1.32. The highest BCUT2D eigenvalue weighted by Gasteiger charge is 2.27. The van der Waals surface area contributed by atoms with E-state index in [9.17, 15) is 19.2 Å². The van der Waals surface area contributed by atoms with Crippen molar-refractivity contribution in [2.24, 2.45) is 0 Å². The van der Waals surface area contributed by atoms with E-state index in [0.29, 0.717) is 22.7 Å². The van der Waals surface area contributed by atoms with Crippen LogP contribution < -0.4 is 25.4 Å². The van der Waals surface area contributed by atoms with Crippen LogP contribution in [0, 0.1) is 0 Å². The van der Waals surface area contributed by atoms with Gasteiger partial charge >= 0.3 is 6.03 Å². The van der Waals surface area contributed by atoms with Crippen molar-refractivity contribution >= 4 is 35.5 Å². The van der Waals surface area contributed by atoms with Crippen molar-refractivity contribution in [3.63, 3.8) is 0 Å². The molecule has 9 nitrogen and oxygen atoms in total. The molecule has 29 heavy (non-hydrogen) atoms. The van der Waals surface area contributed by atoms with Crippen molar-refractivity contribution in [1.82, 2.24) is 10.6 Å². The van der Waals surface area contributed by atoms with E-state index < -0.39 is 17.8 Å². The van der Waals surface area contributed by atoms with Crippen LogP contribution in [-0.2, 0) is 14.4 Å². The molecule has 1 aliphatic rings. The van der Waals surface area contributed by atoms with Gasteiger partial charge in [0.15, 0.2) is 6.61 Å². The van der Waals surface area contributed by atoms with E-state index in [1.807, 2.05) is 10.6 Å². The van der Waals surface area contributed by atoms with Crippen LogP contribution in [0.2, 0.25) is 0 Å². The molecule has 5 amide bonds. The molecule has 2 aromatic rings. The number of benzene rings is 2. The van der Waals surface area contributed by atoms with Gasteiger partial charge in [0.1, 0.15) is 17.1 Å². The van der Waals surface area contributed by atoms with E-state index in [4.69, 9.17) is 9.47 Å². The SMILES string of the molecule is COc1ccc(NC(=O)COc2cccc(C=C3C(=O)NC(=O)NC3=O)c2)cc1. The monoisotopic (exact) mass is 395 g/mol. The van der Waals surface area contributed by atoms with E-state index >= 15 is 0 Å². The Kier molecular flexibility index (Phi) is 5.88. The van der Waals surface area contributed by atoms with Gasteiger partial charge in [-0.3, -0.25) is 25.0 Å². The molecule has 9 heteroatoms. The van der Waals surface area contributed by atoms with Crippen LogP contribution in [0.25, 0.3) is 6.08 Å². The van der Waals surface area contributed by atoms with Crippen LogP contribution in [-0.4, -0.2) is 37.5 Å². The lowest BCUT2D eigenvalue weighted by molar-refractivity contribution is -0.124. The van der Waals surface area contributed by atoms with E-state index in [1.165, 1.54) is 6.08 Å². The average Bonchev–Trinajstić information content (AvgIpc) is 2.70. The number of methoxy groups -OCH3 is 1. The van der Waals surface area contributed by atoms with E-state index in [0.717, 1.165) is 0 Å². The first kappa shape index (κ1) is 19.6. The van der Waals surface area contributed by atoms with Crippen molar-refractivity contribution in [3.8, 4) is 11.5 Å². The summed E-state index contributed by atoms with van der Waals surface area (Å²) in [6.45, 7) is -0.235. The fourth-order valence-corrected chi connectivity index (χ4v) is 2.49. The number of hydrogen-bond donors (Lipinski definition) is 3. The van der Waals surface area contributed by atoms with Crippen LogP contribution in [0.5, 0.6) is 11.5 Å². The summed E-state index contributed by atoms with van der Waals surface area (Å²) in [5.74, 6) is -0.886. The first-order valence-electron chi connectivity index (χ1n) is 8.50. The van der Waals surface area contributed by atoms with Crippen LogP contribution >= 0.6 is 0 Å². The number of hydrogen-bond acceptors (Lipinski definition) is 6. The molecular weight excluding hydrogens is 378 g/mol. The van der Waals surface area contributed by atoms with Gasteiger partial charge in [-0.15, -0.1) is 0 Å². The molecule has 0 radical (unpaired) electrons. The highest BCUT2D eigenvalue weighted by Crippen LogP contribution is 2.18. The highest BCUT2D eigenvalue weighted by molar-refractivity contribution is 6.31.